The van der Waals surface area contributed by atoms with Gasteiger partial charge in [-0.3, -0.25) is 9.78 Å². The molecule has 150 valence electrons. The molecule has 1 aliphatic heterocycles. The summed E-state index contributed by atoms with van der Waals surface area (Å²) in [5, 5.41) is 0. The quantitative estimate of drug-likeness (QED) is 0.656. The third-order valence-electron chi connectivity index (χ3n) is 5.55. The lowest BCUT2D eigenvalue weighted by molar-refractivity contribution is -0.132. The lowest BCUT2D eigenvalue weighted by Crippen LogP contribution is -2.38. The third-order valence-corrected chi connectivity index (χ3v) is 5.55. The van der Waals surface area contributed by atoms with Gasteiger partial charge in [0.2, 0.25) is 5.91 Å². The van der Waals surface area contributed by atoms with Crippen molar-refractivity contribution in [2.75, 3.05) is 13.1 Å². The number of aromatic nitrogens is 3. The highest BCUT2D eigenvalue weighted by molar-refractivity contribution is 5.76. The Kier molecular flexibility index (Phi) is 5.69. The minimum atomic E-state index is 0.200. The fourth-order valence-electron chi connectivity index (χ4n) is 3.96. The first kappa shape index (κ1) is 19.3. The number of nitrogens with zero attached hydrogens (tertiary/aromatic N) is 4. The lowest BCUT2D eigenvalue weighted by Gasteiger charge is -2.32. The number of likely N-dealkylation sites (tertiary alicyclic amines) is 1. The van der Waals surface area contributed by atoms with Gasteiger partial charge in [-0.25, -0.2) is 9.97 Å². The van der Waals surface area contributed by atoms with Crippen molar-refractivity contribution in [2.45, 2.75) is 45.4 Å². The molecule has 3 aromatic rings. The molecule has 0 saturated carbocycles. The molecule has 6 heteroatoms. The van der Waals surface area contributed by atoms with Gasteiger partial charge in [-0.15, -0.1) is 0 Å². The minimum Gasteiger partial charge on any atom is -0.466 e. The van der Waals surface area contributed by atoms with E-state index >= 15 is 0 Å². The molecule has 0 aromatic carbocycles. The summed E-state index contributed by atoms with van der Waals surface area (Å²) in [5.41, 5.74) is 3.24. The molecule has 0 spiro atoms. The Morgan fingerprint density at radius 2 is 1.90 bits per heavy atom. The Bertz CT molecular complexity index is 976. The predicted octanol–water partition coefficient (Wildman–Crippen LogP) is 4.09. The van der Waals surface area contributed by atoms with Crippen molar-refractivity contribution in [1.29, 1.82) is 0 Å². The van der Waals surface area contributed by atoms with Crippen molar-refractivity contribution in [2.24, 2.45) is 0 Å². The summed E-state index contributed by atoms with van der Waals surface area (Å²) < 4.78 is 5.57. The second kappa shape index (κ2) is 8.55. The molecule has 0 bridgehead atoms. The van der Waals surface area contributed by atoms with E-state index in [4.69, 9.17) is 9.40 Å². The molecule has 0 aliphatic carbocycles. The van der Waals surface area contributed by atoms with Gasteiger partial charge in [0, 0.05) is 56.0 Å². The van der Waals surface area contributed by atoms with E-state index in [1.165, 1.54) is 0 Å². The van der Waals surface area contributed by atoms with Gasteiger partial charge in [0.25, 0.3) is 0 Å². The molecule has 3 aromatic heterocycles. The van der Waals surface area contributed by atoms with Crippen LogP contribution in [0, 0.1) is 13.8 Å². The summed E-state index contributed by atoms with van der Waals surface area (Å²) in [6.45, 7) is 5.37. The molecular weight excluding hydrogens is 364 g/mol. The highest BCUT2D eigenvalue weighted by Gasteiger charge is 2.27. The fourth-order valence-corrected chi connectivity index (χ4v) is 3.96. The number of hydrogen-bond donors (Lipinski definition) is 0. The second-order valence-corrected chi connectivity index (χ2v) is 7.62. The smallest absolute Gasteiger partial charge is 0.223 e. The van der Waals surface area contributed by atoms with Crippen LogP contribution in [0.4, 0.5) is 0 Å². The molecule has 4 rings (SSSR count). The Balaban J connectivity index is 1.41. The van der Waals surface area contributed by atoms with Gasteiger partial charge in [-0.2, -0.15) is 0 Å². The number of carbonyl (C=O) groups is 1. The van der Waals surface area contributed by atoms with Gasteiger partial charge in [0.15, 0.2) is 0 Å². The summed E-state index contributed by atoms with van der Waals surface area (Å²) in [5.74, 6) is 3.08. The SMILES string of the molecule is Cc1ncc(-c2ccncc2)c(C2CCN(C(=O)CCc3ccc(C)o3)CC2)n1. The molecule has 0 N–H and O–H groups in total. The summed E-state index contributed by atoms with van der Waals surface area (Å²) in [7, 11) is 0. The Morgan fingerprint density at radius 1 is 1.14 bits per heavy atom. The van der Waals surface area contributed by atoms with Gasteiger partial charge in [-0.1, -0.05) is 0 Å². The summed E-state index contributed by atoms with van der Waals surface area (Å²) in [6, 6.07) is 7.88. The van der Waals surface area contributed by atoms with E-state index in [0.717, 1.165) is 60.1 Å². The number of pyridine rings is 1. The minimum absolute atomic E-state index is 0.200. The van der Waals surface area contributed by atoms with Crippen molar-refractivity contribution in [3.8, 4) is 11.1 Å². The van der Waals surface area contributed by atoms with Gasteiger partial charge in [-0.05, 0) is 56.5 Å². The number of amides is 1. The van der Waals surface area contributed by atoms with E-state index in [-0.39, 0.29) is 5.91 Å². The van der Waals surface area contributed by atoms with Crippen molar-refractivity contribution in [3.63, 3.8) is 0 Å². The maximum Gasteiger partial charge on any atom is 0.223 e. The van der Waals surface area contributed by atoms with Crippen LogP contribution in [0.25, 0.3) is 11.1 Å². The highest BCUT2D eigenvalue weighted by Crippen LogP contribution is 2.33. The Labute approximate surface area is 171 Å². The van der Waals surface area contributed by atoms with E-state index in [1.54, 1.807) is 12.4 Å². The van der Waals surface area contributed by atoms with Crippen LogP contribution in [0.3, 0.4) is 0 Å². The molecule has 0 atom stereocenters. The van der Waals surface area contributed by atoms with Gasteiger partial charge in [0.05, 0.1) is 5.69 Å². The number of aryl methyl sites for hydroxylation is 3. The first-order valence-electron chi connectivity index (χ1n) is 10.2. The largest absolute Gasteiger partial charge is 0.466 e. The number of rotatable bonds is 5. The molecule has 6 nitrogen and oxygen atoms in total. The standard InChI is InChI=1S/C23H26N4O2/c1-16-3-4-20(29-16)5-6-22(28)27-13-9-19(10-14-27)23-21(15-25-17(2)26-23)18-7-11-24-12-8-18/h3-4,7-8,11-12,15,19H,5-6,9-10,13-14H2,1-2H3. The Morgan fingerprint density at radius 3 is 2.59 bits per heavy atom. The Hall–Kier alpha value is -3.02. The molecule has 1 aliphatic rings. The zero-order valence-corrected chi connectivity index (χ0v) is 17.0. The van der Waals surface area contributed by atoms with E-state index < -0.39 is 0 Å². The maximum absolute atomic E-state index is 12.6. The first-order valence-corrected chi connectivity index (χ1v) is 10.2. The molecule has 4 heterocycles. The zero-order chi connectivity index (χ0) is 20.2. The molecule has 0 radical (unpaired) electrons. The van der Waals surface area contributed by atoms with Crippen LogP contribution < -0.4 is 0 Å². The first-order chi connectivity index (χ1) is 14.1. The van der Waals surface area contributed by atoms with Crippen LogP contribution in [0.5, 0.6) is 0 Å². The van der Waals surface area contributed by atoms with E-state index in [1.807, 2.05) is 49.2 Å². The van der Waals surface area contributed by atoms with Gasteiger partial charge >= 0.3 is 0 Å². The van der Waals surface area contributed by atoms with Crippen molar-refractivity contribution in [3.05, 3.63) is 65.9 Å². The molecule has 29 heavy (non-hydrogen) atoms. The van der Waals surface area contributed by atoms with Gasteiger partial charge in [0.1, 0.15) is 17.3 Å². The number of furan rings is 1. The monoisotopic (exact) mass is 390 g/mol. The number of hydrogen-bond acceptors (Lipinski definition) is 5. The van der Waals surface area contributed by atoms with Crippen LogP contribution >= 0.6 is 0 Å². The second-order valence-electron chi connectivity index (χ2n) is 7.62. The van der Waals surface area contributed by atoms with E-state index in [9.17, 15) is 4.79 Å². The van der Waals surface area contributed by atoms with Crippen molar-refractivity contribution in [1.82, 2.24) is 19.9 Å². The van der Waals surface area contributed by atoms with Gasteiger partial charge < -0.3 is 9.32 Å². The normalized spacial score (nSPS) is 14.9. The van der Waals surface area contributed by atoms with Crippen LogP contribution in [0.1, 0.15) is 48.2 Å². The molecule has 1 saturated heterocycles. The average Bonchev–Trinajstić information content (AvgIpc) is 3.18. The highest BCUT2D eigenvalue weighted by atomic mass is 16.3. The van der Waals surface area contributed by atoms with Crippen LogP contribution in [0.2, 0.25) is 0 Å². The molecule has 1 amide bonds. The van der Waals surface area contributed by atoms with Crippen molar-refractivity contribution < 1.29 is 9.21 Å². The average molecular weight is 390 g/mol. The predicted molar refractivity (Wildman–Crippen MR) is 110 cm³/mol. The molecule has 0 unspecified atom stereocenters. The van der Waals surface area contributed by atoms with Crippen molar-refractivity contribution >= 4 is 5.91 Å². The van der Waals surface area contributed by atoms with E-state index in [0.29, 0.717) is 18.8 Å². The number of carbonyl (C=O) groups excluding carboxylic acids is 1. The summed E-state index contributed by atoms with van der Waals surface area (Å²) in [4.78, 5) is 27.9. The topological polar surface area (TPSA) is 72.1 Å². The van der Waals surface area contributed by atoms with Crippen LogP contribution in [0.15, 0.2) is 47.3 Å². The van der Waals surface area contributed by atoms with E-state index in [2.05, 4.69) is 9.97 Å². The molecule has 1 fully saturated rings. The van der Waals surface area contributed by atoms with Crippen LogP contribution in [-0.4, -0.2) is 38.8 Å². The zero-order valence-electron chi connectivity index (χ0n) is 17.0. The number of piperidine rings is 1. The fraction of sp³-hybridized carbons (Fsp3) is 0.391. The lowest BCUT2D eigenvalue weighted by atomic mass is 9.89. The third kappa shape index (κ3) is 4.53. The maximum atomic E-state index is 12.6. The molecular formula is C23H26N4O2. The summed E-state index contributed by atoms with van der Waals surface area (Å²) >= 11 is 0. The summed E-state index contributed by atoms with van der Waals surface area (Å²) in [6.07, 6.45) is 8.48. The van der Waals surface area contributed by atoms with Crippen LogP contribution in [-0.2, 0) is 11.2 Å².